The first kappa shape index (κ1) is 17.1. The van der Waals surface area contributed by atoms with Gasteiger partial charge in [-0.3, -0.25) is 4.90 Å². The van der Waals surface area contributed by atoms with Gasteiger partial charge in [0.2, 0.25) is 0 Å². The molecule has 2 aromatic rings. The first-order valence-corrected chi connectivity index (χ1v) is 8.43. The summed E-state index contributed by atoms with van der Waals surface area (Å²) in [7, 11) is 0. The summed E-state index contributed by atoms with van der Waals surface area (Å²) >= 11 is 0. The molecule has 0 radical (unpaired) electrons. The Labute approximate surface area is 142 Å². The normalized spacial score (nSPS) is 18.3. The number of morpholine rings is 1. The molecule has 1 aliphatic rings. The molecule has 1 unspecified atom stereocenters. The highest BCUT2D eigenvalue weighted by atomic mass is 19.1. The number of nitrogens with zero attached hydrogens (tertiary/aromatic N) is 1. The van der Waals surface area contributed by atoms with E-state index in [1.807, 2.05) is 31.2 Å². The largest absolute Gasteiger partial charge is 0.385 e. The Balaban J connectivity index is 1.65. The fourth-order valence-electron chi connectivity index (χ4n) is 3.01. The van der Waals surface area contributed by atoms with Gasteiger partial charge in [-0.25, -0.2) is 4.39 Å². The van der Waals surface area contributed by atoms with Crippen LogP contribution in [0.3, 0.4) is 0 Å². The van der Waals surface area contributed by atoms with Crippen molar-refractivity contribution in [2.75, 3.05) is 32.8 Å². The molecular weight excluding hydrogens is 305 g/mol. The zero-order valence-corrected chi connectivity index (χ0v) is 14.0. The third-order valence-electron chi connectivity index (χ3n) is 4.70. The van der Waals surface area contributed by atoms with Crippen molar-refractivity contribution in [1.29, 1.82) is 0 Å². The van der Waals surface area contributed by atoms with Crippen LogP contribution in [0.4, 0.5) is 4.39 Å². The predicted octanol–water partition coefficient (Wildman–Crippen LogP) is 3.42. The van der Waals surface area contributed by atoms with Crippen LogP contribution in [0.15, 0.2) is 48.5 Å². The van der Waals surface area contributed by atoms with Crippen LogP contribution in [-0.2, 0) is 10.3 Å². The standard InChI is InChI=1S/C20H24FNO2/c1-20(23,10-11-22-12-14-24-15-13-22)18-6-2-16(3-7-18)17-4-8-19(21)9-5-17/h2-9,23H,10-15H2,1H3. The molecule has 0 aliphatic carbocycles. The molecule has 0 spiro atoms. The van der Waals surface area contributed by atoms with Gasteiger partial charge in [0.1, 0.15) is 5.82 Å². The highest BCUT2D eigenvalue weighted by molar-refractivity contribution is 5.63. The number of hydrogen-bond donors (Lipinski definition) is 1. The quantitative estimate of drug-likeness (QED) is 0.912. The van der Waals surface area contributed by atoms with E-state index in [1.165, 1.54) is 12.1 Å². The van der Waals surface area contributed by atoms with Gasteiger partial charge in [-0.15, -0.1) is 0 Å². The molecule has 1 fully saturated rings. The Hall–Kier alpha value is -1.75. The fourth-order valence-corrected chi connectivity index (χ4v) is 3.01. The van der Waals surface area contributed by atoms with Gasteiger partial charge < -0.3 is 9.84 Å². The Kier molecular flexibility index (Phi) is 5.29. The second kappa shape index (κ2) is 7.43. The number of benzene rings is 2. The van der Waals surface area contributed by atoms with Gasteiger partial charge in [0, 0.05) is 19.6 Å². The van der Waals surface area contributed by atoms with Crippen LogP contribution in [0.5, 0.6) is 0 Å². The number of hydrogen-bond acceptors (Lipinski definition) is 3. The maximum absolute atomic E-state index is 13.0. The predicted molar refractivity (Wildman–Crippen MR) is 93.3 cm³/mol. The second-order valence-corrected chi connectivity index (χ2v) is 6.56. The van der Waals surface area contributed by atoms with Crippen LogP contribution in [0.1, 0.15) is 18.9 Å². The molecule has 1 aliphatic heterocycles. The zero-order chi connectivity index (χ0) is 17.0. The van der Waals surface area contributed by atoms with Crippen molar-refractivity contribution in [3.63, 3.8) is 0 Å². The summed E-state index contributed by atoms with van der Waals surface area (Å²) in [4.78, 5) is 2.32. The van der Waals surface area contributed by atoms with Crippen LogP contribution in [-0.4, -0.2) is 42.9 Å². The highest BCUT2D eigenvalue weighted by Crippen LogP contribution is 2.28. The van der Waals surface area contributed by atoms with Gasteiger partial charge in [0.15, 0.2) is 0 Å². The maximum atomic E-state index is 13.0. The lowest BCUT2D eigenvalue weighted by Gasteiger charge is -2.31. The van der Waals surface area contributed by atoms with Crippen molar-refractivity contribution in [3.8, 4) is 11.1 Å². The summed E-state index contributed by atoms with van der Waals surface area (Å²) in [6.45, 7) is 6.12. The van der Waals surface area contributed by atoms with E-state index in [0.29, 0.717) is 6.42 Å². The van der Waals surface area contributed by atoms with E-state index in [9.17, 15) is 9.50 Å². The van der Waals surface area contributed by atoms with E-state index in [4.69, 9.17) is 4.74 Å². The lowest BCUT2D eigenvalue weighted by molar-refractivity contribution is 0.00549. The van der Waals surface area contributed by atoms with Gasteiger partial charge in [-0.1, -0.05) is 36.4 Å². The van der Waals surface area contributed by atoms with E-state index in [-0.39, 0.29) is 5.82 Å². The molecule has 24 heavy (non-hydrogen) atoms. The molecule has 1 heterocycles. The Morgan fingerprint density at radius 1 is 1.00 bits per heavy atom. The number of aliphatic hydroxyl groups is 1. The van der Waals surface area contributed by atoms with Crippen LogP contribution >= 0.6 is 0 Å². The average Bonchev–Trinajstić information content (AvgIpc) is 2.62. The SMILES string of the molecule is CC(O)(CCN1CCOCC1)c1ccc(-c2ccc(F)cc2)cc1. The summed E-state index contributed by atoms with van der Waals surface area (Å²) in [6.07, 6.45) is 0.683. The van der Waals surface area contributed by atoms with Crippen LogP contribution in [0.25, 0.3) is 11.1 Å². The third kappa shape index (κ3) is 4.20. The molecule has 4 heteroatoms. The summed E-state index contributed by atoms with van der Waals surface area (Å²) in [5.41, 5.74) is 2.03. The van der Waals surface area contributed by atoms with Gasteiger partial charge in [-0.2, -0.15) is 0 Å². The molecule has 128 valence electrons. The Morgan fingerprint density at radius 3 is 2.12 bits per heavy atom. The van der Waals surface area contributed by atoms with Crippen molar-refractivity contribution in [2.24, 2.45) is 0 Å². The summed E-state index contributed by atoms with van der Waals surface area (Å²) in [5.74, 6) is -0.235. The highest BCUT2D eigenvalue weighted by Gasteiger charge is 2.24. The molecule has 1 saturated heterocycles. The lowest BCUT2D eigenvalue weighted by Crippen LogP contribution is -2.39. The zero-order valence-electron chi connectivity index (χ0n) is 14.0. The lowest BCUT2D eigenvalue weighted by atomic mass is 9.90. The molecule has 0 aromatic heterocycles. The Bertz CT molecular complexity index is 646. The molecule has 0 saturated carbocycles. The monoisotopic (exact) mass is 329 g/mol. The first-order chi connectivity index (χ1) is 11.5. The van der Waals surface area contributed by atoms with Gasteiger partial charge >= 0.3 is 0 Å². The number of rotatable bonds is 5. The third-order valence-corrected chi connectivity index (χ3v) is 4.70. The van der Waals surface area contributed by atoms with Crippen molar-refractivity contribution in [1.82, 2.24) is 4.90 Å². The molecule has 3 rings (SSSR count). The summed E-state index contributed by atoms with van der Waals surface area (Å²) in [6, 6.07) is 14.3. The van der Waals surface area contributed by atoms with E-state index in [1.54, 1.807) is 12.1 Å². The molecule has 0 bridgehead atoms. The minimum absolute atomic E-state index is 0.235. The topological polar surface area (TPSA) is 32.7 Å². The van der Waals surface area contributed by atoms with Crippen molar-refractivity contribution in [2.45, 2.75) is 18.9 Å². The molecular formula is C20H24FNO2. The van der Waals surface area contributed by atoms with E-state index in [2.05, 4.69) is 4.90 Å². The molecule has 0 amide bonds. The van der Waals surface area contributed by atoms with Gasteiger partial charge in [-0.05, 0) is 42.2 Å². The van der Waals surface area contributed by atoms with Crippen LogP contribution < -0.4 is 0 Å². The molecule has 1 atom stereocenters. The molecule has 1 N–H and O–H groups in total. The average molecular weight is 329 g/mol. The smallest absolute Gasteiger partial charge is 0.123 e. The number of halogens is 1. The van der Waals surface area contributed by atoms with Crippen LogP contribution in [0.2, 0.25) is 0 Å². The Morgan fingerprint density at radius 2 is 1.54 bits per heavy atom. The van der Waals surface area contributed by atoms with Crippen molar-refractivity contribution >= 4 is 0 Å². The summed E-state index contributed by atoms with van der Waals surface area (Å²) < 4.78 is 18.4. The minimum atomic E-state index is -0.861. The summed E-state index contributed by atoms with van der Waals surface area (Å²) in [5, 5.41) is 10.8. The van der Waals surface area contributed by atoms with E-state index in [0.717, 1.165) is 49.5 Å². The first-order valence-electron chi connectivity index (χ1n) is 8.43. The fraction of sp³-hybridized carbons (Fsp3) is 0.400. The van der Waals surface area contributed by atoms with Crippen molar-refractivity contribution < 1.29 is 14.2 Å². The van der Waals surface area contributed by atoms with E-state index >= 15 is 0 Å². The van der Waals surface area contributed by atoms with Crippen molar-refractivity contribution in [3.05, 3.63) is 59.9 Å². The van der Waals surface area contributed by atoms with Crippen LogP contribution in [0, 0.1) is 5.82 Å². The maximum Gasteiger partial charge on any atom is 0.123 e. The molecule has 3 nitrogen and oxygen atoms in total. The minimum Gasteiger partial charge on any atom is -0.385 e. The van der Waals surface area contributed by atoms with Gasteiger partial charge in [0.25, 0.3) is 0 Å². The van der Waals surface area contributed by atoms with E-state index < -0.39 is 5.60 Å². The van der Waals surface area contributed by atoms with Gasteiger partial charge in [0.05, 0.1) is 18.8 Å². The second-order valence-electron chi connectivity index (χ2n) is 6.56. The molecule has 2 aromatic carbocycles. The number of ether oxygens (including phenoxy) is 1.